The van der Waals surface area contributed by atoms with E-state index in [-0.39, 0.29) is 28.7 Å². The third-order valence-corrected chi connectivity index (χ3v) is 8.07. The van der Waals surface area contributed by atoms with Crippen LogP contribution in [0, 0.1) is 6.92 Å². The minimum Gasteiger partial charge on any atom is -0.497 e. The van der Waals surface area contributed by atoms with E-state index in [9.17, 15) is 13.2 Å². The van der Waals surface area contributed by atoms with Crippen LogP contribution in [0.3, 0.4) is 0 Å². The number of amides is 1. The third kappa shape index (κ3) is 3.66. The lowest BCUT2D eigenvalue weighted by Gasteiger charge is -2.24. The maximum absolute atomic E-state index is 12.8. The van der Waals surface area contributed by atoms with Crippen molar-refractivity contribution < 1.29 is 17.9 Å². The van der Waals surface area contributed by atoms with Gasteiger partial charge in [0, 0.05) is 16.5 Å². The highest BCUT2D eigenvalue weighted by atomic mass is 32.2. The van der Waals surface area contributed by atoms with Crippen LogP contribution in [0.15, 0.2) is 53.5 Å². The predicted octanol–water partition coefficient (Wildman–Crippen LogP) is 2.92. The number of ether oxygens (including phenoxy) is 1. The molecule has 0 saturated carbocycles. The van der Waals surface area contributed by atoms with Gasteiger partial charge in [0.15, 0.2) is 15.0 Å². The number of aryl methyl sites for hydroxylation is 1. The van der Waals surface area contributed by atoms with Crippen LogP contribution in [0.1, 0.15) is 15.9 Å². The van der Waals surface area contributed by atoms with Crippen LogP contribution in [0.5, 0.6) is 5.75 Å². The standard InChI is InChI=1S/C20H20N2O4S2/c1-13-5-3-7-15(9-13)22-17-11-28(24,25)12-18(17)27-20(22)21-19(23)14-6-4-8-16(10-14)26-2/h3-10,17-18H,11-12H2,1-2H3. The summed E-state index contributed by atoms with van der Waals surface area (Å²) < 4.78 is 29.5. The molecule has 6 nitrogen and oxygen atoms in total. The zero-order valence-electron chi connectivity index (χ0n) is 15.5. The Morgan fingerprint density at radius 2 is 1.96 bits per heavy atom. The van der Waals surface area contributed by atoms with E-state index in [1.54, 1.807) is 31.4 Å². The maximum atomic E-state index is 12.8. The number of rotatable bonds is 3. The Kier molecular flexibility index (Phi) is 4.93. The number of amidine groups is 1. The molecule has 28 heavy (non-hydrogen) atoms. The summed E-state index contributed by atoms with van der Waals surface area (Å²) in [5, 5.41) is 0.422. The molecule has 0 N–H and O–H groups in total. The number of hydrogen-bond donors (Lipinski definition) is 0. The highest BCUT2D eigenvalue weighted by Crippen LogP contribution is 2.41. The quantitative estimate of drug-likeness (QED) is 0.766. The molecule has 2 aromatic carbocycles. The molecule has 2 aliphatic heterocycles. The SMILES string of the molecule is COc1cccc(C(=O)N=C2SC3CS(=O)(=O)CC3N2c2cccc(C)c2)c1. The van der Waals surface area contributed by atoms with Gasteiger partial charge in [0.05, 0.1) is 24.7 Å². The van der Waals surface area contributed by atoms with Crippen LogP contribution < -0.4 is 9.64 Å². The number of thioether (sulfide) groups is 1. The summed E-state index contributed by atoms with van der Waals surface area (Å²) in [5.41, 5.74) is 2.35. The lowest BCUT2D eigenvalue weighted by Crippen LogP contribution is -2.37. The van der Waals surface area contributed by atoms with Gasteiger partial charge in [-0.1, -0.05) is 30.0 Å². The number of benzene rings is 2. The van der Waals surface area contributed by atoms with E-state index in [0.29, 0.717) is 16.5 Å². The summed E-state index contributed by atoms with van der Waals surface area (Å²) in [6.45, 7) is 1.98. The number of carbonyl (C=O) groups is 1. The second kappa shape index (κ2) is 7.25. The van der Waals surface area contributed by atoms with Crippen molar-refractivity contribution in [2.75, 3.05) is 23.5 Å². The minimum atomic E-state index is -3.09. The summed E-state index contributed by atoms with van der Waals surface area (Å²) in [6, 6.07) is 14.4. The molecule has 2 atom stereocenters. The fourth-order valence-electron chi connectivity index (χ4n) is 3.55. The van der Waals surface area contributed by atoms with Gasteiger partial charge in [0.2, 0.25) is 0 Å². The van der Waals surface area contributed by atoms with Gasteiger partial charge in [-0.3, -0.25) is 4.79 Å². The van der Waals surface area contributed by atoms with Crippen molar-refractivity contribution in [2.24, 2.45) is 4.99 Å². The first-order valence-electron chi connectivity index (χ1n) is 8.86. The Morgan fingerprint density at radius 1 is 1.18 bits per heavy atom. The average Bonchev–Trinajstić information content (AvgIpc) is 3.12. The van der Waals surface area contributed by atoms with Crippen LogP contribution >= 0.6 is 11.8 Å². The number of nitrogens with zero attached hydrogens (tertiary/aromatic N) is 2. The molecule has 0 radical (unpaired) electrons. The Bertz CT molecular complexity index is 1070. The first kappa shape index (κ1) is 19.0. The van der Waals surface area contributed by atoms with Crippen molar-refractivity contribution >= 4 is 38.4 Å². The average molecular weight is 417 g/mol. The maximum Gasteiger partial charge on any atom is 0.279 e. The number of aliphatic imine (C=N–C) groups is 1. The molecule has 0 aromatic heterocycles. The Morgan fingerprint density at radius 3 is 2.71 bits per heavy atom. The summed E-state index contributed by atoms with van der Waals surface area (Å²) >= 11 is 1.37. The number of carbonyl (C=O) groups excluding carboxylic acids is 1. The number of hydrogen-bond acceptors (Lipinski definition) is 5. The fraction of sp³-hybridized carbons (Fsp3) is 0.300. The molecule has 8 heteroatoms. The number of anilines is 1. The lowest BCUT2D eigenvalue weighted by atomic mass is 10.1. The van der Waals surface area contributed by atoms with E-state index < -0.39 is 9.84 Å². The van der Waals surface area contributed by atoms with Gasteiger partial charge >= 0.3 is 0 Å². The molecule has 146 valence electrons. The fourth-order valence-corrected chi connectivity index (χ4v) is 7.46. The molecule has 2 aliphatic rings. The van der Waals surface area contributed by atoms with E-state index in [1.807, 2.05) is 36.1 Å². The molecule has 4 rings (SSSR count). The summed E-state index contributed by atoms with van der Waals surface area (Å²) in [5.74, 6) is 0.396. The second-order valence-electron chi connectivity index (χ2n) is 6.94. The van der Waals surface area contributed by atoms with Crippen LogP contribution in [0.25, 0.3) is 0 Å². The van der Waals surface area contributed by atoms with Gasteiger partial charge in [-0.2, -0.15) is 4.99 Å². The normalized spacial score (nSPS) is 24.4. The zero-order valence-corrected chi connectivity index (χ0v) is 17.2. The number of fused-ring (bicyclic) bond motifs is 1. The molecule has 2 heterocycles. The first-order valence-corrected chi connectivity index (χ1v) is 11.6. The molecule has 0 spiro atoms. The summed E-state index contributed by atoms with van der Waals surface area (Å²) in [7, 11) is -1.54. The topological polar surface area (TPSA) is 76.0 Å². The largest absolute Gasteiger partial charge is 0.497 e. The van der Waals surface area contributed by atoms with E-state index in [4.69, 9.17) is 4.74 Å². The number of sulfone groups is 1. The Balaban J connectivity index is 1.72. The van der Waals surface area contributed by atoms with E-state index in [1.165, 1.54) is 11.8 Å². The van der Waals surface area contributed by atoms with Crippen molar-refractivity contribution in [3.63, 3.8) is 0 Å². The zero-order chi connectivity index (χ0) is 19.9. The predicted molar refractivity (Wildman–Crippen MR) is 112 cm³/mol. The molecule has 2 saturated heterocycles. The molecular weight excluding hydrogens is 396 g/mol. The molecule has 2 unspecified atom stereocenters. The van der Waals surface area contributed by atoms with Gasteiger partial charge in [0.25, 0.3) is 5.91 Å². The second-order valence-corrected chi connectivity index (χ2v) is 10.3. The molecule has 1 amide bonds. The van der Waals surface area contributed by atoms with Crippen molar-refractivity contribution in [2.45, 2.75) is 18.2 Å². The molecule has 2 aromatic rings. The van der Waals surface area contributed by atoms with Crippen LogP contribution in [0.2, 0.25) is 0 Å². The smallest absolute Gasteiger partial charge is 0.279 e. The first-order chi connectivity index (χ1) is 13.4. The van der Waals surface area contributed by atoms with Crippen molar-refractivity contribution in [1.29, 1.82) is 0 Å². The minimum absolute atomic E-state index is 0.0744. The van der Waals surface area contributed by atoms with Crippen molar-refractivity contribution in [1.82, 2.24) is 0 Å². The highest BCUT2D eigenvalue weighted by Gasteiger charge is 2.49. The van der Waals surface area contributed by atoms with Crippen LogP contribution in [-0.2, 0) is 9.84 Å². The number of methoxy groups -OCH3 is 1. The molecule has 0 bridgehead atoms. The van der Waals surface area contributed by atoms with E-state index in [0.717, 1.165) is 11.3 Å². The van der Waals surface area contributed by atoms with Crippen molar-refractivity contribution in [3.05, 3.63) is 59.7 Å². The third-order valence-electron chi connectivity index (χ3n) is 4.86. The van der Waals surface area contributed by atoms with Gasteiger partial charge in [-0.05, 0) is 42.8 Å². The molecule has 2 fully saturated rings. The van der Waals surface area contributed by atoms with Gasteiger partial charge in [0.1, 0.15) is 5.75 Å². The van der Waals surface area contributed by atoms with E-state index >= 15 is 0 Å². The highest BCUT2D eigenvalue weighted by molar-refractivity contribution is 8.16. The monoisotopic (exact) mass is 416 g/mol. The van der Waals surface area contributed by atoms with Crippen molar-refractivity contribution in [3.8, 4) is 5.75 Å². The summed E-state index contributed by atoms with van der Waals surface area (Å²) in [6.07, 6.45) is 0. The summed E-state index contributed by atoms with van der Waals surface area (Å²) in [4.78, 5) is 19.0. The Labute approximate surface area is 168 Å². The van der Waals surface area contributed by atoms with Crippen LogP contribution in [-0.4, -0.2) is 49.4 Å². The van der Waals surface area contributed by atoms with Crippen LogP contribution in [0.4, 0.5) is 5.69 Å². The van der Waals surface area contributed by atoms with Gasteiger partial charge in [-0.25, -0.2) is 8.42 Å². The van der Waals surface area contributed by atoms with Gasteiger partial charge in [-0.15, -0.1) is 0 Å². The Hall–Kier alpha value is -2.32. The van der Waals surface area contributed by atoms with E-state index in [2.05, 4.69) is 4.99 Å². The van der Waals surface area contributed by atoms with Gasteiger partial charge < -0.3 is 9.64 Å². The lowest BCUT2D eigenvalue weighted by molar-refractivity contribution is 0.100. The molecule has 0 aliphatic carbocycles. The molecular formula is C20H20N2O4S2.